The predicted octanol–water partition coefficient (Wildman–Crippen LogP) is 2.41. The Balaban J connectivity index is 1.25. The van der Waals surface area contributed by atoms with Gasteiger partial charge in [0, 0.05) is 31.9 Å². The largest absolute Gasteiger partial charge is 0.326 e. The second kappa shape index (κ2) is 10.0. The number of para-hydroxylation sites is 1. The first-order valence-corrected chi connectivity index (χ1v) is 12.0. The van der Waals surface area contributed by atoms with Crippen LogP contribution in [0.5, 0.6) is 0 Å². The average molecular weight is 442 g/mol. The van der Waals surface area contributed by atoms with Crippen LogP contribution in [-0.2, 0) is 16.0 Å². The van der Waals surface area contributed by atoms with Gasteiger partial charge in [-0.3, -0.25) is 19.4 Å². The lowest BCUT2D eigenvalue weighted by Gasteiger charge is -2.35. The Morgan fingerprint density at radius 3 is 2.34 bits per heavy atom. The van der Waals surface area contributed by atoms with Crippen LogP contribution in [0.1, 0.15) is 51.0 Å². The summed E-state index contributed by atoms with van der Waals surface area (Å²) < 4.78 is 0. The van der Waals surface area contributed by atoms with E-state index in [0.29, 0.717) is 13.2 Å². The van der Waals surface area contributed by atoms with E-state index in [1.54, 1.807) is 0 Å². The van der Waals surface area contributed by atoms with Crippen molar-refractivity contribution in [1.82, 2.24) is 20.0 Å². The van der Waals surface area contributed by atoms with Crippen LogP contribution < -0.4 is 10.6 Å². The molecule has 0 atom stereocenters. The zero-order valence-electron chi connectivity index (χ0n) is 19.1. The lowest BCUT2D eigenvalue weighted by atomic mass is 9.90. The predicted molar refractivity (Wildman–Crippen MR) is 123 cm³/mol. The number of amides is 4. The highest BCUT2D eigenvalue weighted by Crippen LogP contribution is 2.32. The molecular weight excluding hydrogens is 406 g/mol. The van der Waals surface area contributed by atoms with E-state index in [1.165, 1.54) is 4.90 Å². The Morgan fingerprint density at radius 2 is 1.66 bits per heavy atom. The second-order valence-corrected chi connectivity index (χ2v) is 9.25. The van der Waals surface area contributed by atoms with Crippen molar-refractivity contribution in [2.45, 2.75) is 57.4 Å². The number of nitrogens with zero attached hydrogens (tertiary/aromatic N) is 3. The molecule has 2 saturated heterocycles. The van der Waals surface area contributed by atoms with Gasteiger partial charge in [0.2, 0.25) is 5.91 Å². The summed E-state index contributed by atoms with van der Waals surface area (Å²) in [6.45, 7) is 5.67. The van der Waals surface area contributed by atoms with E-state index < -0.39 is 5.54 Å². The molecule has 0 aromatic heterocycles. The van der Waals surface area contributed by atoms with Crippen LogP contribution in [0.25, 0.3) is 0 Å². The molecule has 4 rings (SSSR count). The third-order valence-corrected chi connectivity index (χ3v) is 7.05. The van der Waals surface area contributed by atoms with Crippen molar-refractivity contribution in [2.75, 3.05) is 44.7 Å². The van der Waals surface area contributed by atoms with Crippen molar-refractivity contribution in [3.05, 3.63) is 29.8 Å². The van der Waals surface area contributed by atoms with E-state index in [0.717, 1.165) is 82.4 Å². The van der Waals surface area contributed by atoms with Gasteiger partial charge in [-0.1, -0.05) is 50.8 Å². The van der Waals surface area contributed by atoms with E-state index in [4.69, 9.17) is 0 Å². The number of carbonyl (C=O) groups excluding carboxylic acids is 3. The lowest BCUT2D eigenvalue weighted by molar-refractivity contribution is -0.133. The highest BCUT2D eigenvalue weighted by Gasteiger charge is 2.51. The van der Waals surface area contributed by atoms with Gasteiger partial charge < -0.3 is 10.6 Å². The molecule has 0 radical (unpaired) electrons. The normalized spacial score (nSPS) is 22.1. The minimum absolute atomic E-state index is 0.0104. The summed E-state index contributed by atoms with van der Waals surface area (Å²) in [4.78, 5) is 43.9. The van der Waals surface area contributed by atoms with Crippen molar-refractivity contribution in [3.8, 4) is 0 Å². The van der Waals surface area contributed by atoms with Gasteiger partial charge in [0.05, 0.1) is 13.2 Å². The molecule has 4 amide bonds. The minimum atomic E-state index is -0.678. The standard InChI is InChI=1S/C24H35N5O3/c1-2-19-9-5-6-10-20(19)25-21(30)17-27-13-15-28(16-14-27)18-29-22(31)24(26-23(29)32)11-7-3-4-8-12-24/h5-6,9-10H,2-4,7-8,11-18H2,1H3,(H,25,30)(H,26,32). The quantitative estimate of drug-likeness (QED) is 0.663. The molecule has 3 fully saturated rings. The molecule has 174 valence electrons. The molecule has 0 unspecified atom stereocenters. The van der Waals surface area contributed by atoms with Crippen LogP contribution >= 0.6 is 0 Å². The van der Waals surface area contributed by atoms with E-state index in [2.05, 4.69) is 27.4 Å². The Bertz CT molecular complexity index is 842. The summed E-state index contributed by atoms with van der Waals surface area (Å²) in [5, 5.41) is 6.04. The Labute approximate surface area is 190 Å². The van der Waals surface area contributed by atoms with Gasteiger partial charge in [0.1, 0.15) is 5.54 Å². The SMILES string of the molecule is CCc1ccccc1NC(=O)CN1CCN(CN2C(=O)NC3(CCCCCC3)C2=O)CC1. The average Bonchev–Trinajstić information content (AvgIpc) is 2.94. The van der Waals surface area contributed by atoms with Crippen LogP contribution in [0.2, 0.25) is 0 Å². The molecule has 1 aromatic rings. The number of anilines is 1. The number of urea groups is 1. The topological polar surface area (TPSA) is 85.0 Å². The lowest BCUT2D eigenvalue weighted by Crippen LogP contribution is -2.53. The summed E-state index contributed by atoms with van der Waals surface area (Å²) in [6, 6.07) is 7.63. The maximum absolute atomic E-state index is 13.1. The molecule has 3 aliphatic rings. The third-order valence-electron chi connectivity index (χ3n) is 7.05. The highest BCUT2D eigenvalue weighted by atomic mass is 16.2. The van der Waals surface area contributed by atoms with Crippen molar-refractivity contribution in [1.29, 1.82) is 0 Å². The molecule has 32 heavy (non-hydrogen) atoms. The van der Waals surface area contributed by atoms with Gasteiger partial charge in [-0.15, -0.1) is 0 Å². The maximum atomic E-state index is 13.1. The van der Waals surface area contributed by atoms with Gasteiger partial charge in [0.25, 0.3) is 5.91 Å². The Kier molecular flexibility index (Phi) is 7.10. The second-order valence-electron chi connectivity index (χ2n) is 9.25. The van der Waals surface area contributed by atoms with Crippen LogP contribution in [0, 0.1) is 0 Å². The first kappa shape index (κ1) is 22.7. The van der Waals surface area contributed by atoms with E-state index >= 15 is 0 Å². The van der Waals surface area contributed by atoms with Crippen LogP contribution in [-0.4, -0.2) is 77.5 Å². The first-order chi connectivity index (χ1) is 15.5. The molecule has 1 saturated carbocycles. The molecule has 0 bridgehead atoms. The number of nitrogens with one attached hydrogen (secondary N) is 2. The molecule has 2 aliphatic heterocycles. The number of carbonyl (C=O) groups is 3. The zero-order valence-corrected chi connectivity index (χ0v) is 19.1. The van der Waals surface area contributed by atoms with E-state index in [9.17, 15) is 14.4 Å². The van der Waals surface area contributed by atoms with Crippen molar-refractivity contribution >= 4 is 23.5 Å². The molecule has 1 aromatic carbocycles. The van der Waals surface area contributed by atoms with Crippen molar-refractivity contribution < 1.29 is 14.4 Å². The molecule has 1 aliphatic carbocycles. The summed E-state index contributed by atoms with van der Waals surface area (Å²) in [6.07, 6.45) is 6.61. The monoisotopic (exact) mass is 441 g/mol. The summed E-state index contributed by atoms with van der Waals surface area (Å²) in [5.74, 6) is -0.0652. The van der Waals surface area contributed by atoms with Crippen molar-refractivity contribution in [2.24, 2.45) is 0 Å². The molecular formula is C24H35N5O3. The first-order valence-electron chi connectivity index (χ1n) is 12.0. The van der Waals surface area contributed by atoms with Gasteiger partial charge >= 0.3 is 6.03 Å². The number of rotatable bonds is 6. The van der Waals surface area contributed by atoms with Gasteiger partial charge in [-0.25, -0.2) is 9.69 Å². The molecule has 8 heteroatoms. The van der Waals surface area contributed by atoms with Crippen molar-refractivity contribution in [3.63, 3.8) is 0 Å². The Morgan fingerprint density at radius 1 is 1.00 bits per heavy atom. The Hall–Kier alpha value is -2.45. The van der Waals surface area contributed by atoms with Gasteiger partial charge in [0.15, 0.2) is 0 Å². The molecule has 1 spiro atoms. The number of imide groups is 1. The van der Waals surface area contributed by atoms with E-state index in [-0.39, 0.29) is 17.8 Å². The summed E-state index contributed by atoms with van der Waals surface area (Å²) in [5.41, 5.74) is 1.33. The summed E-state index contributed by atoms with van der Waals surface area (Å²) >= 11 is 0. The van der Waals surface area contributed by atoms with Crippen LogP contribution in [0.4, 0.5) is 10.5 Å². The van der Waals surface area contributed by atoms with Crippen LogP contribution in [0.15, 0.2) is 24.3 Å². The fourth-order valence-corrected chi connectivity index (χ4v) is 5.11. The molecule has 8 nitrogen and oxygen atoms in total. The fraction of sp³-hybridized carbons (Fsp3) is 0.625. The number of aryl methyl sites for hydroxylation is 1. The number of benzene rings is 1. The zero-order chi connectivity index (χ0) is 22.6. The maximum Gasteiger partial charge on any atom is 0.326 e. The third kappa shape index (κ3) is 4.96. The fourth-order valence-electron chi connectivity index (χ4n) is 5.11. The molecule has 2 heterocycles. The summed E-state index contributed by atoms with van der Waals surface area (Å²) in [7, 11) is 0. The van der Waals surface area contributed by atoms with E-state index in [1.807, 2.05) is 24.3 Å². The highest BCUT2D eigenvalue weighted by molar-refractivity contribution is 6.07. The van der Waals surface area contributed by atoms with Gasteiger partial charge in [-0.05, 0) is 30.9 Å². The minimum Gasteiger partial charge on any atom is -0.325 e. The number of piperazine rings is 1. The van der Waals surface area contributed by atoms with Gasteiger partial charge in [-0.2, -0.15) is 0 Å². The smallest absolute Gasteiger partial charge is 0.325 e. The molecule has 2 N–H and O–H groups in total. The number of hydrogen-bond donors (Lipinski definition) is 2. The van der Waals surface area contributed by atoms with Crippen LogP contribution in [0.3, 0.4) is 0 Å². The number of hydrogen-bond acceptors (Lipinski definition) is 5.